The van der Waals surface area contributed by atoms with Crippen molar-refractivity contribution in [3.8, 4) is 16.8 Å². The molecule has 0 saturated heterocycles. The summed E-state index contributed by atoms with van der Waals surface area (Å²) in [4.78, 5) is 39.5. The summed E-state index contributed by atoms with van der Waals surface area (Å²) in [6, 6.07) is 15.1. The molecule has 1 aliphatic heterocycles. The van der Waals surface area contributed by atoms with Crippen LogP contribution in [-0.2, 0) is 16.1 Å². The van der Waals surface area contributed by atoms with Crippen molar-refractivity contribution in [2.75, 3.05) is 5.32 Å². The largest absolute Gasteiger partial charge is 0.350 e. The molecule has 2 aromatic carbocycles. The van der Waals surface area contributed by atoms with Gasteiger partial charge in [-0.1, -0.05) is 60.0 Å². The van der Waals surface area contributed by atoms with Crippen molar-refractivity contribution in [2.45, 2.75) is 38.8 Å². The van der Waals surface area contributed by atoms with Crippen LogP contribution in [0.3, 0.4) is 0 Å². The molecule has 0 radical (unpaired) electrons. The average Bonchev–Trinajstić information content (AvgIpc) is 3.36. The lowest BCUT2D eigenvalue weighted by molar-refractivity contribution is -0.124. The van der Waals surface area contributed by atoms with Crippen LogP contribution >= 0.6 is 23.2 Å². The van der Waals surface area contributed by atoms with E-state index in [4.69, 9.17) is 23.2 Å². The van der Waals surface area contributed by atoms with E-state index in [-0.39, 0.29) is 35.0 Å². The van der Waals surface area contributed by atoms with E-state index < -0.39 is 6.04 Å². The Morgan fingerprint density at radius 3 is 2.56 bits per heavy atom. The number of nitrogens with one attached hydrogen (secondary N) is 2. The monoisotopic (exact) mass is 564 g/mol. The van der Waals surface area contributed by atoms with Crippen molar-refractivity contribution >= 4 is 40.7 Å². The Morgan fingerprint density at radius 1 is 0.974 bits per heavy atom. The fraction of sp³-hybridized carbons (Fsp3) is 0.250. The highest BCUT2D eigenvalue weighted by molar-refractivity contribution is 6.31. The van der Waals surface area contributed by atoms with Gasteiger partial charge in [-0.25, -0.2) is 4.68 Å². The first kappa shape index (κ1) is 26.6. The molecular formula is C28H26Cl2N6O3. The Bertz CT molecular complexity index is 1600. The average molecular weight is 565 g/mol. The molecule has 11 heteroatoms. The molecule has 4 aromatic rings. The van der Waals surface area contributed by atoms with Crippen molar-refractivity contribution in [1.29, 1.82) is 0 Å². The van der Waals surface area contributed by atoms with Gasteiger partial charge in [0, 0.05) is 41.0 Å². The quantitative estimate of drug-likeness (QED) is 0.363. The van der Waals surface area contributed by atoms with Gasteiger partial charge in [-0.3, -0.25) is 14.4 Å². The van der Waals surface area contributed by atoms with Gasteiger partial charge in [0.05, 0.1) is 11.9 Å². The van der Waals surface area contributed by atoms with Gasteiger partial charge in [-0.05, 0) is 54.3 Å². The molecule has 39 heavy (non-hydrogen) atoms. The number of anilines is 1. The SMILES string of the molecule is C[C@@H]1CCC[C@H](n2ccc(-c3cc(Cl)ccc3-n3cc(Cl)nn3)cc2=O)C(=O)NCc2ccccc2NC1=O. The Labute approximate surface area is 234 Å². The highest BCUT2D eigenvalue weighted by atomic mass is 35.5. The fourth-order valence-corrected chi connectivity index (χ4v) is 5.01. The smallest absolute Gasteiger partial charge is 0.251 e. The van der Waals surface area contributed by atoms with Crippen LogP contribution < -0.4 is 16.2 Å². The molecule has 2 aromatic heterocycles. The van der Waals surface area contributed by atoms with Crippen molar-refractivity contribution in [1.82, 2.24) is 24.9 Å². The number of carbonyl (C=O) groups is 2. The topological polar surface area (TPSA) is 111 Å². The van der Waals surface area contributed by atoms with Crippen molar-refractivity contribution in [3.05, 3.63) is 93.1 Å². The lowest BCUT2D eigenvalue weighted by Gasteiger charge is -2.23. The minimum absolute atomic E-state index is 0.0709. The number of pyridine rings is 1. The van der Waals surface area contributed by atoms with Crippen LogP contribution in [0.1, 0.15) is 37.8 Å². The minimum atomic E-state index is -0.735. The molecule has 0 aliphatic carbocycles. The number of halogens is 2. The first-order valence-corrected chi connectivity index (χ1v) is 13.3. The third kappa shape index (κ3) is 5.89. The highest BCUT2D eigenvalue weighted by Gasteiger charge is 2.24. The standard InChI is InChI=1S/C28H26Cl2N6O3/c1-17-5-4-8-24(28(39)31-15-19-6-2-3-7-22(19)32-27(17)38)35-12-11-18(13-26(35)37)21-14-20(29)9-10-23(21)36-16-25(30)33-34-36/h2-3,6-7,9-14,16-17,24H,4-5,8,15H2,1H3,(H,31,39)(H,32,38)/t17-,24+/m1/s1. The van der Waals surface area contributed by atoms with Crippen LogP contribution in [0.25, 0.3) is 16.8 Å². The summed E-state index contributed by atoms with van der Waals surface area (Å²) in [5.41, 5.74) is 3.02. The number of fused-ring (bicyclic) bond motifs is 1. The molecule has 0 spiro atoms. The second-order valence-electron chi connectivity index (χ2n) is 9.52. The van der Waals surface area contributed by atoms with E-state index in [2.05, 4.69) is 20.9 Å². The van der Waals surface area contributed by atoms with E-state index in [1.165, 1.54) is 15.3 Å². The Balaban J connectivity index is 1.48. The van der Waals surface area contributed by atoms with Crippen LogP contribution in [0.15, 0.2) is 71.8 Å². The van der Waals surface area contributed by atoms with Crippen LogP contribution in [0, 0.1) is 5.92 Å². The first-order valence-electron chi connectivity index (χ1n) is 12.6. The summed E-state index contributed by atoms with van der Waals surface area (Å²) in [6.07, 6.45) is 4.76. The number of benzene rings is 2. The number of amides is 2. The first-order chi connectivity index (χ1) is 18.8. The second-order valence-corrected chi connectivity index (χ2v) is 10.3. The molecule has 2 N–H and O–H groups in total. The van der Waals surface area contributed by atoms with E-state index in [0.717, 1.165) is 5.56 Å². The zero-order valence-electron chi connectivity index (χ0n) is 21.1. The number of nitrogens with zero attached hydrogens (tertiary/aromatic N) is 4. The van der Waals surface area contributed by atoms with Gasteiger partial charge in [0.25, 0.3) is 5.56 Å². The Morgan fingerprint density at radius 2 is 1.79 bits per heavy atom. The van der Waals surface area contributed by atoms with Crippen LogP contribution in [0.5, 0.6) is 0 Å². The molecule has 0 saturated carbocycles. The molecule has 0 bridgehead atoms. The lowest BCUT2D eigenvalue weighted by atomic mass is 9.98. The molecule has 0 fully saturated rings. The second kappa shape index (κ2) is 11.4. The molecule has 0 unspecified atom stereocenters. The number of carbonyl (C=O) groups excluding carboxylic acids is 2. The summed E-state index contributed by atoms with van der Waals surface area (Å²) in [5, 5.41) is 14.5. The summed E-state index contributed by atoms with van der Waals surface area (Å²) in [7, 11) is 0. The maximum atomic E-state index is 13.4. The maximum Gasteiger partial charge on any atom is 0.251 e. The summed E-state index contributed by atoms with van der Waals surface area (Å²) < 4.78 is 2.95. The zero-order valence-corrected chi connectivity index (χ0v) is 22.6. The van der Waals surface area contributed by atoms with Crippen LogP contribution in [-0.4, -0.2) is 31.4 Å². The number of para-hydroxylation sites is 1. The van der Waals surface area contributed by atoms with Crippen molar-refractivity contribution < 1.29 is 9.59 Å². The number of aromatic nitrogens is 4. The van der Waals surface area contributed by atoms with Gasteiger partial charge in [0.1, 0.15) is 6.04 Å². The summed E-state index contributed by atoms with van der Waals surface area (Å²) >= 11 is 12.2. The van der Waals surface area contributed by atoms with E-state index >= 15 is 0 Å². The fourth-order valence-electron chi connectivity index (χ4n) is 4.71. The molecule has 9 nitrogen and oxygen atoms in total. The van der Waals surface area contributed by atoms with Gasteiger partial charge in [0.2, 0.25) is 11.8 Å². The van der Waals surface area contributed by atoms with Gasteiger partial charge in [-0.15, -0.1) is 5.10 Å². The van der Waals surface area contributed by atoms with E-state index in [1.54, 1.807) is 36.7 Å². The highest BCUT2D eigenvalue weighted by Crippen LogP contribution is 2.30. The normalized spacial score (nSPS) is 18.3. The van der Waals surface area contributed by atoms with Crippen LogP contribution in [0.4, 0.5) is 5.69 Å². The number of hydrogen-bond donors (Lipinski definition) is 2. The Kier molecular flexibility index (Phi) is 7.81. The molecule has 200 valence electrons. The number of hydrogen-bond acceptors (Lipinski definition) is 5. The van der Waals surface area contributed by atoms with Gasteiger partial charge in [-0.2, -0.15) is 0 Å². The maximum absolute atomic E-state index is 13.4. The summed E-state index contributed by atoms with van der Waals surface area (Å²) in [6.45, 7) is 2.09. The predicted octanol–water partition coefficient (Wildman–Crippen LogP) is 5.02. The molecule has 1 aliphatic rings. The molecular weight excluding hydrogens is 539 g/mol. The van der Waals surface area contributed by atoms with E-state index in [0.29, 0.717) is 46.8 Å². The Hall–Kier alpha value is -3.95. The predicted molar refractivity (Wildman–Crippen MR) is 150 cm³/mol. The van der Waals surface area contributed by atoms with Crippen molar-refractivity contribution in [3.63, 3.8) is 0 Å². The minimum Gasteiger partial charge on any atom is -0.350 e. The summed E-state index contributed by atoms with van der Waals surface area (Å²) in [5.74, 6) is -0.579. The molecule has 2 atom stereocenters. The third-order valence-corrected chi connectivity index (χ3v) is 7.27. The van der Waals surface area contributed by atoms with E-state index in [1.807, 2.05) is 31.2 Å². The molecule has 3 heterocycles. The van der Waals surface area contributed by atoms with Gasteiger partial charge in [0.15, 0.2) is 5.15 Å². The van der Waals surface area contributed by atoms with Gasteiger partial charge >= 0.3 is 0 Å². The zero-order chi connectivity index (χ0) is 27.5. The third-order valence-electron chi connectivity index (χ3n) is 6.86. The van der Waals surface area contributed by atoms with Gasteiger partial charge < -0.3 is 15.2 Å². The molecule has 5 rings (SSSR count). The van der Waals surface area contributed by atoms with Crippen molar-refractivity contribution in [2.24, 2.45) is 5.92 Å². The lowest BCUT2D eigenvalue weighted by Crippen LogP contribution is -2.37. The van der Waals surface area contributed by atoms with Crippen LogP contribution in [0.2, 0.25) is 10.2 Å². The molecule has 2 amide bonds. The number of rotatable bonds is 3. The van der Waals surface area contributed by atoms with E-state index in [9.17, 15) is 14.4 Å².